The summed E-state index contributed by atoms with van der Waals surface area (Å²) in [5, 5.41) is 12.1. The fraction of sp³-hybridized carbons (Fsp3) is 0.824. The first-order valence-corrected chi connectivity index (χ1v) is 10.1. The fourth-order valence-corrected chi connectivity index (χ4v) is 5.23. The Hall–Kier alpha value is -1.24. The normalized spacial score (nSPS) is 31.2. The highest BCUT2D eigenvalue weighted by molar-refractivity contribution is 7.99. The lowest BCUT2D eigenvalue weighted by Crippen LogP contribution is -2.51. The van der Waals surface area contributed by atoms with Crippen molar-refractivity contribution in [3.05, 3.63) is 0 Å². The second-order valence-corrected chi connectivity index (χ2v) is 8.20. The number of carboxylic acid groups (broad SMARTS) is 1. The molecular weight excluding hydrogens is 328 g/mol. The minimum Gasteiger partial charge on any atom is -0.481 e. The van der Waals surface area contributed by atoms with E-state index in [0.717, 1.165) is 25.7 Å². The van der Waals surface area contributed by atoms with Gasteiger partial charge in [0.15, 0.2) is 0 Å². The average Bonchev–Trinajstić information content (AvgIpc) is 3.26. The highest BCUT2D eigenvalue weighted by Gasteiger charge is 2.39. The van der Waals surface area contributed by atoms with Crippen molar-refractivity contribution in [1.29, 1.82) is 0 Å². The smallest absolute Gasteiger partial charge is 0.306 e. The maximum absolute atomic E-state index is 12.6. The summed E-state index contributed by atoms with van der Waals surface area (Å²) in [5.74, 6) is 0.441. The van der Waals surface area contributed by atoms with Gasteiger partial charge in [-0.25, -0.2) is 0 Å². The van der Waals surface area contributed by atoms with Gasteiger partial charge in [-0.15, -0.1) is 11.8 Å². The molecule has 2 aliphatic carbocycles. The number of rotatable bonds is 4. The topological polar surface area (TPSA) is 86.7 Å². The minimum atomic E-state index is -0.736. The molecule has 134 valence electrons. The Morgan fingerprint density at radius 2 is 1.62 bits per heavy atom. The molecule has 2 amide bonds. The Bertz CT molecular complexity index is 499. The predicted octanol–water partition coefficient (Wildman–Crippen LogP) is 1.84. The van der Waals surface area contributed by atoms with Gasteiger partial charge >= 0.3 is 5.97 Å². The average molecular weight is 354 g/mol. The van der Waals surface area contributed by atoms with Gasteiger partial charge in [-0.3, -0.25) is 14.4 Å². The number of nitrogens with zero attached hydrogens (tertiary/aromatic N) is 1. The number of hydrogen-bond donors (Lipinski definition) is 2. The molecule has 1 saturated heterocycles. The molecular formula is C17H26N2O4S. The van der Waals surface area contributed by atoms with E-state index in [1.54, 1.807) is 16.7 Å². The molecule has 3 aliphatic rings. The summed E-state index contributed by atoms with van der Waals surface area (Å²) in [6.07, 6.45) is 6.77. The van der Waals surface area contributed by atoms with Gasteiger partial charge < -0.3 is 15.3 Å². The van der Waals surface area contributed by atoms with Gasteiger partial charge in [0.05, 0.1) is 11.8 Å². The molecule has 0 aromatic heterocycles. The van der Waals surface area contributed by atoms with Crippen molar-refractivity contribution in [1.82, 2.24) is 10.2 Å². The van der Waals surface area contributed by atoms with Gasteiger partial charge in [0.1, 0.15) is 6.04 Å². The van der Waals surface area contributed by atoms with Gasteiger partial charge in [0.25, 0.3) is 0 Å². The molecule has 0 radical (unpaired) electrons. The van der Waals surface area contributed by atoms with Gasteiger partial charge in [0, 0.05) is 17.7 Å². The number of carbonyl (C=O) groups is 3. The predicted molar refractivity (Wildman–Crippen MR) is 91.4 cm³/mol. The zero-order valence-electron chi connectivity index (χ0n) is 13.9. The van der Waals surface area contributed by atoms with Crippen LogP contribution in [-0.2, 0) is 14.4 Å². The van der Waals surface area contributed by atoms with Crippen molar-refractivity contribution in [2.45, 2.75) is 63.5 Å². The van der Waals surface area contributed by atoms with Crippen LogP contribution in [0.25, 0.3) is 0 Å². The maximum Gasteiger partial charge on any atom is 0.306 e. The minimum absolute atomic E-state index is 0.0436. The molecule has 1 unspecified atom stereocenters. The molecule has 1 aliphatic heterocycles. The van der Waals surface area contributed by atoms with Crippen LogP contribution in [0.1, 0.15) is 51.4 Å². The number of carboxylic acids is 1. The third-order valence-corrected chi connectivity index (χ3v) is 6.61. The van der Waals surface area contributed by atoms with E-state index in [-0.39, 0.29) is 35.7 Å². The Morgan fingerprint density at radius 3 is 2.25 bits per heavy atom. The van der Waals surface area contributed by atoms with Crippen LogP contribution in [0.5, 0.6) is 0 Å². The molecule has 0 aromatic rings. The van der Waals surface area contributed by atoms with Crippen LogP contribution in [0.2, 0.25) is 0 Å². The van der Waals surface area contributed by atoms with Crippen LogP contribution in [0.3, 0.4) is 0 Å². The molecule has 6 nitrogen and oxygen atoms in total. The van der Waals surface area contributed by atoms with E-state index >= 15 is 0 Å². The summed E-state index contributed by atoms with van der Waals surface area (Å²) in [6.45, 7) is 0. The Morgan fingerprint density at radius 1 is 0.958 bits per heavy atom. The van der Waals surface area contributed by atoms with E-state index in [9.17, 15) is 14.4 Å². The van der Waals surface area contributed by atoms with E-state index in [1.807, 2.05) is 0 Å². The Kier molecular flexibility index (Phi) is 5.69. The summed E-state index contributed by atoms with van der Waals surface area (Å²) in [6, 6.07) is -0.317. The summed E-state index contributed by atoms with van der Waals surface area (Å²) in [7, 11) is 0. The van der Waals surface area contributed by atoms with Crippen molar-refractivity contribution in [2.75, 3.05) is 11.6 Å². The third kappa shape index (κ3) is 3.87. The van der Waals surface area contributed by atoms with Crippen molar-refractivity contribution in [2.24, 2.45) is 11.8 Å². The zero-order chi connectivity index (χ0) is 17.1. The SMILES string of the molecule is O=C(O)C1CCC(NC(=O)C2CSCN2C(=O)C2CCCC2)CC1. The molecule has 1 heterocycles. The van der Waals surface area contributed by atoms with E-state index in [4.69, 9.17) is 5.11 Å². The monoisotopic (exact) mass is 354 g/mol. The summed E-state index contributed by atoms with van der Waals surface area (Å²) >= 11 is 1.64. The Labute approximate surface area is 146 Å². The molecule has 1 atom stereocenters. The summed E-state index contributed by atoms with van der Waals surface area (Å²) < 4.78 is 0. The lowest BCUT2D eigenvalue weighted by atomic mass is 9.86. The number of nitrogens with one attached hydrogen (secondary N) is 1. The maximum atomic E-state index is 12.6. The molecule has 24 heavy (non-hydrogen) atoms. The number of amides is 2. The van der Waals surface area contributed by atoms with Crippen LogP contribution in [0.4, 0.5) is 0 Å². The lowest BCUT2D eigenvalue weighted by Gasteiger charge is -2.30. The molecule has 7 heteroatoms. The molecule has 2 N–H and O–H groups in total. The van der Waals surface area contributed by atoms with Crippen LogP contribution in [0.15, 0.2) is 0 Å². The highest BCUT2D eigenvalue weighted by Crippen LogP contribution is 2.31. The standard InChI is InChI=1S/C17H26N2O4S/c20-15(18-13-7-5-12(6-8-13)17(22)23)14-9-24-10-19(14)16(21)11-3-1-2-4-11/h11-14H,1-10H2,(H,18,20)(H,22,23). The molecule has 3 rings (SSSR count). The number of hydrogen-bond acceptors (Lipinski definition) is 4. The second kappa shape index (κ2) is 7.76. The van der Waals surface area contributed by atoms with Crippen LogP contribution < -0.4 is 5.32 Å². The largest absolute Gasteiger partial charge is 0.481 e. The first-order valence-electron chi connectivity index (χ1n) is 8.97. The van der Waals surface area contributed by atoms with Crippen molar-refractivity contribution in [3.8, 4) is 0 Å². The van der Waals surface area contributed by atoms with Gasteiger partial charge in [-0.1, -0.05) is 12.8 Å². The fourth-order valence-electron chi connectivity index (χ4n) is 4.07. The van der Waals surface area contributed by atoms with E-state index in [0.29, 0.717) is 37.3 Å². The highest BCUT2D eigenvalue weighted by atomic mass is 32.2. The summed E-state index contributed by atoms with van der Waals surface area (Å²) in [4.78, 5) is 38.0. The lowest BCUT2D eigenvalue weighted by molar-refractivity contribution is -0.143. The van der Waals surface area contributed by atoms with Gasteiger partial charge in [-0.2, -0.15) is 0 Å². The van der Waals surface area contributed by atoms with Crippen LogP contribution >= 0.6 is 11.8 Å². The first-order chi connectivity index (χ1) is 11.6. The quantitative estimate of drug-likeness (QED) is 0.804. The van der Waals surface area contributed by atoms with Crippen molar-refractivity contribution >= 4 is 29.5 Å². The Balaban J connectivity index is 1.52. The number of thioether (sulfide) groups is 1. The van der Waals surface area contributed by atoms with Gasteiger partial charge in [0.2, 0.25) is 11.8 Å². The molecule has 0 aromatic carbocycles. The van der Waals surface area contributed by atoms with E-state index < -0.39 is 5.97 Å². The van der Waals surface area contributed by atoms with Crippen LogP contribution in [0, 0.1) is 11.8 Å². The molecule has 3 fully saturated rings. The van der Waals surface area contributed by atoms with Crippen molar-refractivity contribution < 1.29 is 19.5 Å². The van der Waals surface area contributed by atoms with Crippen molar-refractivity contribution in [3.63, 3.8) is 0 Å². The summed E-state index contributed by atoms with van der Waals surface area (Å²) in [5.41, 5.74) is 0. The number of aliphatic carboxylic acids is 1. The number of carbonyl (C=O) groups excluding carboxylic acids is 2. The van der Waals surface area contributed by atoms with Crippen LogP contribution in [-0.4, -0.2) is 51.5 Å². The van der Waals surface area contributed by atoms with E-state index in [2.05, 4.69) is 5.32 Å². The molecule has 0 bridgehead atoms. The third-order valence-electron chi connectivity index (χ3n) is 5.60. The van der Waals surface area contributed by atoms with E-state index in [1.165, 1.54) is 0 Å². The molecule has 0 spiro atoms. The zero-order valence-corrected chi connectivity index (χ0v) is 14.7. The first kappa shape index (κ1) is 17.6. The molecule has 2 saturated carbocycles. The second-order valence-electron chi connectivity index (χ2n) is 7.20. The van der Waals surface area contributed by atoms with Gasteiger partial charge in [-0.05, 0) is 38.5 Å².